The van der Waals surface area contributed by atoms with Crippen molar-refractivity contribution < 1.29 is 9.53 Å². The van der Waals surface area contributed by atoms with E-state index in [0.717, 1.165) is 37.1 Å². The molecule has 98 valence electrons. The number of rotatable bonds is 4. The maximum absolute atomic E-state index is 12.8. The molecule has 1 unspecified atom stereocenters. The molecule has 3 heteroatoms. The van der Waals surface area contributed by atoms with Gasteiger partial charge in [-0.3, -0.25) is 4.79 Å². The van der Waals surface area contributed by atoms with Crippen molar-refractivity contribution in [2.45, 2.75) is 26.7 Å². The number of ketones is 1. The topological polar surface area (TPSA) is 38.3 Å². The van der Waals surface area contributed by atoms with Crippen LogP contribution in [0.3, 0.4) is 0 Å². The standard InChI is InChI=1S/C15H21NO2/c1-4-15(7-8-16-10-15)14(17)12-9-11(2)5-6-13(12)18-3/h5-6,9,16H,4,7-8,10H2,1-3H3. The number of carbonyl (C=O) groups excluding carboxylic acids is 1. The molecule has 1 aliphatic heterocycles. The maximum atomic E-state index is 12.8. The number of carbonyl (C=O) groups is 1. The van der Waals surface area contributed by atoms with Crippen LogP contribution >= 0.6 is 0 Å². The zero-order chi connectivity index (χ0) is 13.2. The fraction of sp³-hybridized carbons (Fsp3) is 0.533. The number of aryl methyl sites for hydroxylation is 1. The molecular weight excluding hydrogens is 226 g/mol. The van der Waals surface area contributed by atoms with E-state index in [1.54, 1.807) is 7.11 Å². The lowest BCUT2D eigenvalue weighted by Gasteiger charge is -2.25. The molecule has 2 rings (SSSR count). The Kier molecular flexibility index (Phi) is 3.71. The van der Waals surface area contributed by atoms with Crippen LogP contribution < -0.4 is 10.1 Å². The van der Waals surface area contributed by atoms with Gasteiger partial charge < -0.3 is 10.1 Å². The van der Waals surface area contributed by atoms with Crippen LogP contribution in [0.5, 0.6) is 5.75 Å². The molecule has 1 aliphatic rings. The number of benzene rings is 1. The Morgan fingerprint density at radius 3 is 2.83 bits per heavy atom. The van der Waals surface area contributed by atoms with Crippen LogP contribution in [0.1, 0.15) is 35.7 Å². The molecule has 0 spiro atoms. The molecule has 18 heavy (non-hydrogen) atoms. The first-order chi connectivity index (χ1) is 8.63. The number of methoxy groups -OCH3 is 1. The van der Waals surface area contributed by atoms with Crippen molar-refractivity contribution in [2.75, 3.05) is 20.2 Å². The zero-order valence-corrected chi connectivity index (χ0v) is 11.4. The molecule has 1 fully saturated rings. The van der Waals surface area contributed by atoms with Crippen LogP contribution in [-0.2, 0) is 0 Å². The minimum absolute atomic E-state index is 0.218. The summed E-state index contributed by atoms with van der Waals surface area (Å²) in [6.45, 7) is 5.79. The van der Waals surface area contributed by atoms with Gasteiger partial charge in [0, 0.05) is 12.0 Å². The van der Waals surface area contributed by atoms with Crippen LogP contribution in [-0.4, -0.2) is 26.0 Å². The second kappa shape index (κ2) is 5.11. The quantitative estimate of drug-likeness (QED) is 0.831. The van der Waals surface area contributed by atoms with Gasteiger partial charge >= 0.3 is 0 Å². The van der Waals surface area contributed by atoms with Gasteiger partial charge in [-0.1, -0.05) is 18.6 Å². The highest BCUT2D eigenvalue weighted by Gasteiger charge is 2.40. The summed E-state index contributed by atoms with van der Waals surface area (Å²) in [4.78, 5) is 12.8. The van der Waals surface area contributed by atoms with E-state index in [-0.39, 0.29) is 11.2 Å². The normalized spacial score (nSPS) is 23.1. The van der Waals surface area contributed by atoms with Gasteiger partial charge in [-0.2, -0.15) is 0 Å². The third-order valence-electron chi connectivity index (χ3n) is 4.00. The minimum atomic E-state index is -0.249. The molecule has 1 saturated heterocycles. The third-order valence-corrected chi connectivity index (χ3v) is 4.00. The summed E-state index contributed by atoms with van der Waals surface area (Å²) < 4.78 is 5.33. The SMILES string of the molecule is CCC1(C(=O)c2cc(C)ccc2OC)CCNC1. The molecule has 1 aromatic rings. The summed E-state index contributed by atoms with van der Waals surface area (Å²) in [7, 11) is 1.62. The summed E-state index contributed by atoms with van der Waals surface area (Å²) in [5.41, 5.74) is 1.57. The second-order valence-electron chi connectivity index (χ2n) is 5.09. The summed E-state index contributed by atoms with van der Waals surface area (Å²) in [5.74, 6) is 0.904. The van der Waals surface area contributed by atoms with E-state index in [4.69, 9.17) is 4.74 Å². The van der Waals surface area contributed by atoms with E-state index in [1.807, 2.05) is 25.1 Å². The molecule has 3 nitrogen and oxygen atoms in total. The van der Waals surface area contributed by atoms with Crippen molar-refractivity contribution in [3.63, 3.8) is 0 Å². The molecule has 1 heterocycles. The van der Waals surface area contributed by atoms with Gasteiger partial charge in [0.15, 0.2) is 5.78 Å². The van der Waals surface area contributed by atoms with Crippen molar-refractivity contribution in [3.05, 3.63) is 29.3 Å². The Morgan fingerprint density at radius 1 is 1.50 bits per heavy atom. The minimum Gasteiger partial charge on any atom is -0.496 e. The van der Waals surface area contributed by atoms with Gasteiger partial charge in [0.1, 0.15) is 5.75 Å². The molecule has 0 radical (unpaired) electrons. The van der Waals surface area contributed by atoms with Crippen LogP contribution in [0, 0.1) is 12.3 Å². The number of nitrogens with one attached hydrogen (secondary N) is 1. The highest BCUT2D eigenvalue weighted by molar-refractivity contribution is 6.03. The fourth-order valence-corrected chi connectivity index (χ4v) is 2.68. The first kappa shape index (κ1) is 13.1. The Bertz CT molecular complexity index is 448. The van der Waals surface area contributed by atoms with Crippen molar-refractivity contribution in [3.8, 4) is 5.75 Å². The number of hydrogen-bond acceptors (Lipinski definition) is 3. The molecule has 0 bridgehead atoms. The van der Waals surface area contributed by atoms with Gasteiger partial charge in [0.05, 0.1) is 12.7 Å². The molecule has 1 aromatic carbocycles. The zero-order valence-electron chi connectivity index (χ0n) is 11.4. The lowest BCUT2D eigenvalue weighted by Crippen LogP contribution is -2.33. The fourth-order valence-electron chi connectivity index (χ4n) is 2.68. The monoisotopic (exact) mass is 247 g/mol. The van der Waals surface area contributed by atoms with Crippen molar-refractivity contribution in [1.82, 2.24) is 5.32 Å². The molecule has 0 aromatic heterocycles. The molecule has 0 aliphatic carbocycles. The summed E-state index contributed by atoms with van der Waals surface area (Å²) >= 11 is 0. The predicted molar refractivity (Wildman–Crippen MR) is 72.3 cm³/mol. The van der Waals surface area contributed by atoms with E-state index in [2.05, 4.69) is 12.2 Å². The average molecular weight is 247 g/mol. The third kappa shape index (κ3) is 2.15. The van der Waals surface area contributed by atoms with E-state index >= 15 is 0 Å². The number of ether oxygens (including phenoxy) is 1. The van der Waals surface area contributed by atoms with Crippen molar-refractivity contribution in [2.24, 2.45) is 5.41 Å². The van der Waals surface area contributed by atoms with E-state index in [9.17, 15) is 4.79 Å². The summed E-state index contributed by atoms with van der Waals surface area (Å²) in [6, 6.07) is 5.80. The lowest BCUT2D eigenvalue weighted by molar-refractivity contribution is 0.0807. The largest absolute Gasteiger partial charge is 0.496 e. The molecular formula is C15H21NO2. The average Bonchev–Trinajstić information content (AvgIpc) is 2.87. The Morgan fingerprint density at radius 2 is 2.28 bits per heavy atom. The number of Topliss-reactive ketones (excluding diaryl/α,β-unsaturated/α-hetero) is 1. The Balaban J connectivity index is 2.41. The van der Waals surface area contributed by atoms with E-state index < -0.39 is 0 Å². The number of hydrogen-bond donors (Lipinski definition) is 1. The first-order valence-electron chi connectivity index (χ1n) is 6.53. The predicted octanol–water partition coefficient (Wildman–Crippen LogP) is 2.58. The molecule has 0 amide bonds. The Labute approximate surface area is 109 Å². The van der Waals surface area contributed by atoms with Crippen LogP contribution in [0.25, 0.3) is 0 Å². The summed E-state index contributed by atoms with van der Waals surface area (Å²) in [5, 5.41) is 3.31. The molecule has 1 atom stereocenters. The van der Waals surface area contributed by atoms with Crippen LogP contribution in [0.4, 0.5) is 0 Å². The van der Waals surface area contributed by atoms with Crippen molar-refractivity contribution in [1.29, 1.82) is 0 Å². The van der Waals surface area contributed by atoms with E-state index in [1.165, 1.54) is 0 Å². The maximum Gasteiger partial charge on any atom is 0.174 e. The molecule has 0 saturated carbocycles. The first-order valence-corrected chi connectivity index (χ1v) is 6.53. The van der Waals surface area contributed by atoms with Gasteiger partial charge in [-0.25, -0.2) is 0 Å². The van der Waals surface area contributed by atoms with Crippen LogP contribution in [0.15, 0.2) is 18.2 Å². The van der Waals surface area contributed by atoms with Crippen LogP contribution in [0.2, 0.25) is 0 Å². The highest BCUT2D eigenvalue weighted by Crippen LogP contribution is 2.36. The summed E-state index contributed by atoms with van der Waals surface area (Å²) in [6.07, 6.45) is 1.79. The smallest absolute Gasteiger partial charge is 0.174 e. The van der Waals surface area contributed by atoms with Gasteiger partial charge in [-0.05, 0) is 38.4 Å². The van der Waals surface area contributed by atoms with Gasteiger partial charge in [-0.15, -0.1) is 0 Å². The van der Waals surface area contributed by atoms with Gasteiger partial charge in [0.25, 0.3) is 0 Å². The second-order valence-corrected chi connectivity index (χ2v) is 5.09. The lowest BCUT2D eigenvalue weighted by atomic mass is 9.77. The molecule has 1 N–H and O–H groups in total. The highest BCUT2D eigenvalue weighted by atomic mass is 16.5. The van der Waals surface area contributed by atoms with E-state index in [0.29, 0.717) is 5.75 Å². The van der Waals surface area contributed by atoms with Crippen molar-refractivity contribution >= 4 is 5.78 Å². The Hall–Kier alpha value is -1.35. The van der Waals surface area contributed by atoms with Gasteiger partial charge in [0.2, 0.25) is 0 Å².